The van der Waals surface area contributed by atoms with E-state index in [1.54, 1.807) is 4.68 Å². The molecule has 1 N–H and O–H groups in total. The molecule has 8 heteroatoms. The fraction of sp³-hybridized carbons (Fsp3) is 0.250. The molecule has 0 saturated heterocycles. The topological polar surface area (TPSA) is 77.6 Å². The van der Waals surface area contributed by atoms with Gasteiger partial charge in [0.05, 0.1) is 22.8 Å². The van der Waals surface area contributed by atoms with Crippen molar-refractivity contribution in [1.29, 1.82) is 0 Å². The Bertz CT molecular complexity index is 1270. The monoisotopic (exact) mass is 490 g/mol. The Labute approximate surface area is 194 Å². The molecule has 0 unspecified atom stereocenters. The number of hydrogen-bond acceptors (Lipinski definition) is 4. The van der Waals surface area contributed by atoms with Gasteiger partial charge in [-0.3, -0.25) is 4.79 Å². The first kappa shape index (κ1) is 20.6. The lowest BCUT2D eigenvalue weighted by atomic mass is 10.1. The van der Waals surface area contributed by atoms with E-state index in [4.69, 9.17) is 0 Å². The van der Waals surface area contributed by atoms with Crippen LogP contribution in [0.3, 0.4) is 0 Å². The van der Waals surface area contributed by atoms with E-state index in [-0.39, 0.29) is 5.91 Å². The second-order valence-electron chi connectivity index (χ2n) is 8.07. The molecule has 2 aromatic carbocycles. The molecule has 0 aliphatic heterocycles. The molecule has 0 spiro atoms. The van der Waals surface area contributed by atoms with E-state index in [1.807, 2.05) is 73.1 Å². The highest BCUT2D eigenvalue weighted by atomic mass is 79.9. The lowest BCUT2D eigenvalue weighted by molar-refractivity contribution is 0.0944. The Kier molecular flexibility index (Phi) is 5.38. The third-order valence-electron chi connectivity index (χ3n) is 5.82. The molecular weight excluding hydrogens is 468 g/mol. The molecule has 162 valence electrons. The van der Waals surface area contributed by atoms with Crippen LogP contribution in [0.1, 0.15) is 51.9 Å². The maximum Gasteiger partial charge on any atom is 0.274 e. The average molecular weight is 491 g/mol. The van der Waals surface area contributed by atoms with Crippen molar-refractivity contribution in [2.45, 2.75) is 39.2 Å². The summed E-state index contributed by atoms with van der Waals surface area (Å²) < 4.78 is 4.70. The van der Waals surface area contributed by atoms with Crippen molar-refractivity contribution >= 4 is 21.8 Å². The van der Waals surface area contributed by atoms with Crippen molar-refractivity contribution in [3.05, 3.63) is 87.4 Å². The van der Waals surface area contributed by atoms with Crippen LogP contribution in [0.5, 0.6) is 0 Å². The summed E-state index contributed by atoms with van der Waals surface area (Å²) in [6, 6.07) is 17.9. The molecule has 2 aromatic heterocycles. The fourth-order valence-corrected chi connectivity index (χ4v) is 4.22. The molecule has 1 amide bonds. The van der Waals surface area contributed by atoms with E-state index < -0.39 is 0 Å². The van der Waals surface area contributed by atoms with Gasteiger partial charge in [0.2, 0.25) is 0 Å². The summed E-state index contributed by atoms with van der Waals surface area (Å²) >= 11 is 3.46. The molecule has 5 rings (SSSR count). The van der Waals surface area contributed by atoms with E-state index >= 15 is 0 Å². The number of aryl methyl sites for hydroxylation is 1. The first-order valence-corrected chi connectivity index (χ1v) is 11.4. The predicted octanol–water partition coefficient (Wildman–Crippen LogP) is 4.64. The zero-order chi connectivity index (χ0) is 22.2. The van der Waals surface area contributed by atoms with E-state index in [1.165, 1.54) is 0 Å². The predicted molar refractivity (Wildman–Crippen MR) is 125 cm³/mol. The standard InChI is InChI=1S/C24H23BrN6O/c1-15-21(16(2)30(28-15)19-6-4-3-5-7-19)14-26-24(32)22-23(17-8-9-17)31(29-27-22)20-12-10-18(25)11-13-20/h3-7,10-13,17H,8-9,14H2,1-2H3,(H,26,32). The average Bonchev–Trinajstić information content (AvgIpc) is 3.48. The number of amides is 1. The minimum atomic E-state index is -0.207. The molecule has 1 aliphatic rings. The minimum absolute atomic E-state index is 0.207. The third-order valence-corrected chi connectivity index (χ3v) is 6.35. The highest BCUT2D eigenvalue weighted by molar-refractivity contribution is 9.10. The van der Waals surface area contributed by atoms with Gasteiger partial charge in [-0.1, -0.05) is 39.3 Å². The first-order valence-electron chi connectivity index (χ1n) is 10.6. The number of nitrogens with one attached hydrogen (secondary N) is 1. The van der Waals surface area contributed by atoms with Gasteiger partial charge >= 0.3 is 0 Å². The van der Waals surface area contributed by atoms with E-state index in [2.05, 4.69) is 36.7 Å². The first-order chi connectivity index (χ1) is 15.5. The van der Waals surface area contributed by atoms with Gasteiger partial charge in [-0.25, -0.2) is 9.36 Å². The van der Waals surface area contributed by atoms with Crippen molar-refractivity contribution in [3.63, 3.8) is 0 Å². The molecule has 0 bridgehead atoms. The summed E-state index contributed by atoms with van der Waals surface area (Å²) in [5, 5.41) is 16.3. The van der Waals surface area contributed by atoms with Gasteiger partial charge in [0, 0.05) is 28.2 Å². The number of rotatable bonds is 6. The molecule has 0 atom stereocenters. The van der Waals surface area contributed by atoms with E-state index in [0.717, 1.165) is 51.3 Å². The molecule has 2 heterocycles. The summed E-state index contributed by atoms with van der Waals surface area (Å²) in [5.41, 5.74) is 6.11. The molecule has 4 aromatic rings. The third kappa shape index (κ3) is 3.86. The van der Waals surface area contributed by atoms with E-state index in [0.29, 0.717) is 18.2 Å². The van der Waals surface area contributed by atoms with Crippen LogP contribution in [-0.4, -0.2) is 30.7 Å². The summed E-state index contributed by atoms with van der Waals surface area (Å²) in [4.78, 5) is 13.1. The number of halogens is 1. The van der Waals surface area contributed by atoms with Crippen LogP contribution in [0.4, 0.5) is 0 Å². The van der Waals surface area contributed by atoms with Gasteiger partial charge in [-0.2, -0.15) is 5.10 Å². The number of carbonyl (C=O) groups excluding carboxylic acids is 1. The summed E-state index contributed by atoms with van der Waals surface area (Å²) in [7, 11) is 0. The van der Waals surface area contributed by atoms with Crippen molar-refractivity contribution in [2.75, 3.05) is 0 Å². The number of para-hydroxylation sites is 1. The number of hydrogen-bond donors (Lipinski definition) is 1. The maximum absolute atomic E-state index is 13.1. The van der Waals surface area contributed by atoms with Gasteiger partial charge < -0.3 is 5.32 Å². The van der Waals surface area contributed by atoms with Gasteiger partial charge in [0.15, 0.2) is 5.69 Å². The van der Waals surface area contributed by atoms with Crippen molar-refractivity contribution in [3.8, 4) is 11.4 Å². The SMILES string of the molecule is Cc1nn(-c2ccccc2)c(C)c1CNC(=O)c1nnn(-c2ccc(Br)cc2)c1C1CC1. The van der Waals surface area contributed by atoms with Crippen LogP contribution < -0.4 is 5.32 Å². The maximum atomic E-state index is 13.1. The Morgan fingerprint density at radius 3 is 2.41 bits per heavy atom. The van der Waals surface area contributed by atoms with Crippen LogP contribution in [-0.2, 0) is 6.54 Å². The second-order valence-corrected chi connectivity index (χ2v) is 8.98. The molecule has 32 heavy (non-hydrogen) atoms. The highest BCUT2D eigenvalue weighted by Crippen LogP contribution is 2.42. The van der Waals surface area contributed by atoms with Crippen LogP contribution in [0, 0.1) is 13.8 Å². The van der Waals surface area contributed by atoms with Gasteiger partial charge in [0.1, 0.15) is 0 Å². The lowest BCUT2D eigenvalue weighted by Gasteiger charge is -2.09. The van der Waals surface area contributed by atoms with E-state index in [9.17, 15) is 4.79 Å². The summed E-state index contributed by atoms with van der Waals surface area (Å²) in [6.07, 6.45) is 2.10. The summed E-state index contributed by atoms with van der Waals surface area (Å²) in [5.74, 6) is 0.111. The van der Waals surface area contributed by atoms with Crippen molar-refractivity contribution < 1.29 is 4.79 Å². The van der Waals surface area contributed by atoms with Crippen LogP contribution in [0.15, 0.2) is 59.1 Å². The quantitative estimate of drug-likeness (QED) is 0.427. The Hall–Kier alpha value is -3.26. The molecular formula is C24H23BrN6O. The van der Waals surface area contributed by atoms with Crippen LogP contribution >= 0.6 is 15.9 Å². The smallest absolute Gasteiger partial charge is 0.274 e. The zero-order valence-corrected chi connectivity index (χ0v) is 19.5. The van der Waals surface area contributed by atoms with Gasteiger partial charge in [-0.05, 0) is 63.1 Å². The molecule has 0 radical (unpaired) electrons. The second kappa shape index (κ2) is 8.35. The number of carbonyl (C=O) groups is 1. The Balaban J connectivity index is 1.39. The zero-order valence-electron chi connectivity index (χ0n) is 17.9. The van der Waals surface area contributed by atoms with Crippen LogP contribution in [0.2, 0.25) is 0 Å². The number of aromatic nitrogens is 5. The van der Waals surface area contributed by atoms with Crippen molar-refractivity contribution in [2.24, 2.45) is 0 Å². The van der Waals surface area contributed by atoms with Gasteiger partial charge in [0.25, 0.3) is 5.91 Å². The molecule has 1 saturated carbocycles. The number of nitrogens with zero attached hydrogens (tertiary/aromatic N) is 5. The summed E-state index contributed by atoms with van der Waals surface area (Å²) in [6.45, 7) is 4.37. The molecule has 7 nitrogen and oxygen atoms in total. The molecule has 1 fully saturated rings. The Morgan fingerprint density at radius 1 is 1.03 bits per heavy atom. The largest absolute Gasteiger partial charge is 0.346 e. The fourth-order valence-electron chi connectivity index (χ4n) is 3.95. The van der Waals surface area contributed by atoms with Gasteiger partial charge in [-0.15, -0.1) is 5.10 Å². The van der Waals surface area contributed by atoms with Crippen molar-refractivity contribution in [1.82, 2.24) is 30.1 Å². The number of benzene rings is 2. The minimum Gasteiger partial charge on any atom is -0.346 e. The highest BCUT2D eigenvalue weighted by Gasteiger charge is 2.34. The van der Waals surface area contributed by atoms with Crippen LogP contribution in [0.25, 0.3) is 11.4 Å². The lowest BCUT2D eigenvalue weighted by Crippen LogP contribution is -2.25. The normalized spacial score (nSPS) is 13.3. The molecule has 1 aliphatic carbocycles. The Morgan fingerprint density at radius 2 is 1.72 bits per heavy atom.